The van der Waals surface area contributed by atoms with E-state index in [1.807, 2.05) is 42.4 Å². The Bertz CT molecular complexity index is 1320. The number of ketones is 1. The van der Waals surface area contributed by atoms with Gasteiger partial charge in [0.25, 0.3) is 0 Å². The molecule has 9 heteroatoms. The average Bonchev–Trinajstić information content (AvgIpc) is 3.27. The quantitative estimate of drug-likeness (QED) is 0.144. The van der Waals surface area contributed by atoms with Gasteiger partial charge in [0, 0.05) is 48.8 Å². The largest absolute Gasteiger partial charge is 0.489 e. The number of hydrogen-bond donors (Lipinski definition) is 1. The SMILES string of the molecule is CC[C@H](CN(S)Cc1cc(C(c2cc(F)c(C(C)=O)s2)C(C)(C)C(=O)OC)ccc1C)Oc1ccncc1C. The second-order valence-corrected chi connectivity index (χ2v) is 12.0. The first kappa shape index (κ1) is 30.8. The fourth-order valence-corrected chi connectivity index (χ4v) is 6.23. The average molecular weight is 573 g/mol. The lowest BCUT2D eigenvalue weighted by Gasteiger charge is -2.32. The van der Waals surface area contributed by atoms with Crippen LogP contribution < -0.4 is 4.74 Å². The van der Waals surface area contributed by atoms with Crippen LogP contribution in [0.4, 0.5) is 4.39 Å². The van der Waals surface area contributed by atoms with E-state index in [0.717, 1.165) is 45.8 Å². The number of thiophene rings is 1. The van der Waals surface area contributed by atoms with Crippen molar-refractivity contribution in [2.75, 3.05) is 13.7 Å². The highest BCUT2D eigenvalue weighted by Gasteiger charge is 2.41. The third-order valence-corrected chi connectivity index (χ3v) is 8.52. The number of rotatable bonds is 12. The van der Waals surface area contributed by atoms with Gasteiger partial charge in [-0.2, -0.15) is 0 Å². The van der Waals surface area contributed by atoms with Gasteiger partial charge in [0.1, 0.15) is 22.5 Å². The number of aromatic nitrogens is 1. The predicted octanol–water partition coefficient (Wildman–Crippen LogP) is 6.94. The van der Waals surface area contributed by atoms with E-state index in [0.29, 0.717) is 18.0 Å². The van der Waals surface area contributed by atoms with Crippen LogP contribution in [0.1, 0.15) is 76.8 Å². The standard InChI is InChI=1S/C30H37FN2O4S2/c1-8-23(37-25-11-12-32-15-19(25)3)17-33(38)16-22-13-21(10-9-18(22)2)27(30(5,6)29(35)36-7)26-14-24(31)28(39-26)20(4)34/h9-15,23,27,38H,8,16-17H2,1-7H3/t23-,27?/m1/s1. The molecular formula is C30H37FN2O4S2. The van der Waals surface area contributed by atoms with E-state index in [1.54, 1.807) is 26.2 Å². The van der Waals surface area contributed by atoms with Crippen molar-refractivity contribution < 1.29 is 23.5 Å². The summed E-state index contributed by atoms with van der Waals surface area (Å²) in [5, 5.41) is 0. The topological polar surface area (TPSA) is 68.7 Å². The van der Waals surface area contributed by atoms with Crippen molar-refractivity contribution in [3.63, 3.8) is 0 Å². The van der Waals surface area contributed by atoms with Crippen molar-refractivity contribution >= 4 is 35.9 Å². The molecule has 0 saturated heterocycles. The second-order valence-electron chi connectivity index (χ2n) is 10.4. The monoisotopic (exact) mass is 572 g/mol. The Kier molecular flexibility index (Phi) is 10.3. The maximum absolute atomic E-state index is 14.7. The summed E-state index contributed by atoms with van der Waals surface area (Å²) in [7, 11) is 1.34. The lowest BCUT2D eigenvalue weighted by atomic mass is 9.73. The maximum atomic E-state index is 14.7. The number of pyridine rings is 1. The lowest BCUT2D eigenvalue weighted by molar-refractivity contribution is -0.151. The first-order valence-corrected chi connectivity index (χ1v) is 14.1. The molecule has 39 heavy (non-hydrogen) atoms. The number of benzene rings is 1. The third-order valence-electron chi connectivity index (χ3n) is 6.93. The Morgan fingerprint density at radius 1 is 1.18 bits per heavy atom. The van der Waals surface area contributed by atoms with Crippen LogP contribution in [0, 0.1) is 25.1 Å². The molecule has 1 aromatic carbocycles. The number of ether oxygens (including phenoxy) is 2. The molecule has 0 aliphatic heterocycles. The van der Waals surface area contributed by atoms with Crippen LogP contribution in [0.25, 0.3) is 0 Å². The van der Waals surface area contributed by atoms with Crippen LogP contribution in [0.5, 0.6) is 5.75 Å². The van der Waals surface area contributed by atoms with Gasteiger partial charge in [-0.15, -0.1) is 11.3 Å². The summed E-state index contributed by atoms with van der Waals surface area (Å²) in [6, 6.07) is 9.21. The Hall–Kier alpha value is -2.75. The molecule has 2 atom stereocenters. The summed E-state index contributed by atoms with van der Waals surface area (Å²) in [6.07, 6.45) is 4.22. The molecule has 0 aliphatic rings. The smallest absolute Gasteiger partial charge is 0.312 e. The maximum Gasteiger partial charge on any atom is 0.312 e. The van der Waals surface area contributed by atoms with Gasteiger partial charge < -0.3 is 9.47 Å². The van der Waals surface area contributed by atoms with Gasteiger partial charge in [0.15, 0.2) is 5.78 Å². The summed E-state index contributed by atoms with van der Waals surface area (Å²) >= 11 is 5.84. The highest BCUT2D eigenvalue weighted by Crippen LogP contribution is 2.45. The zero-order chi connectivity index (χ0) is 28.9. The summed E-state index contributed by atoms with van der Waals surface area (Å²) in [5.41, 5.74) is 2.87. The molecule has 2 heterocycles. The molecule has 3 rings (SSSR count). The number of hydrogen-bond acceptors (Lipinski definition) is 8. The first-order chi connectivity index (χ1) is 18.4. The van der Waals surface area contributed by atoms with Crippen LogP contribution in [0.2, 0.25) is 0 Å². The molecule has 6 nitrogen and oxygen atoms in total. The fraction of sp³-hybridized carbons (Fsp3) is 0.433. The number of Topliss-reactive ketones (excluding diaryl/α,β-unsaturated/α-hetero) is 1. The van der Waals surface area contributed by atoms with Crippen molar-refractivity contribution in [1.29, 1.82) is 0 Å². The van der Waals surface area contributed by atoms with E-state index in [1.165, 1.54) is 20.1 Å². The van der Waals surface area contributed by atoms with Gasteiger partial charge in [0.2, 0.25) is 0 Å². The zero-order valence-corrected chi connectivity index (χ0v) is 25.3. The van der Waals surface area contributed by atoms with Gasteiger partial charge in [-0.05, 0) is 62.9 Å². The number of nitrogens with zero attached hydrogens (tertiary/aromatic N) is 2. The van der Waals surface area contributed by atoms with Crippen LogP contribution in [0.3, 0.4) is 0 Å². The van der Waals surface area contributed by atoms with E-state index in [9.17, 15) is 14.0 Å². The molecule has 0 spiro atoms. The van der Waals surface area contributed by atoms with E-state index < -0.39 is 23.1 Å². The van der Waals surface area contributed by atoms with E-state index in [4.69, 9.17) is 22.3 Å². The first-order valence-electron chi connectivity index (χ1n) is 12.9. The molecule has 1 unspecified atom stereocenters. The Morgan fingerprint density at radius 2 is 1.90 bits per heavy atom. The fourth-order valence-electron chi connectivity index (χ4n) is 4.65. The van der Waals surface area contributed by atoms with Crippen molar-refractivity contribution in [2.45, 2.75) is 66.5 Å². The highest BCUT2D eigenvalue weighted by atomic mass is 32.1. The summed E-state index contributed by atoms with van der Waals surface area (Å²) in [4.78, 5) is 29.7. The van der Waals surface area contributed by atoms with Crippen LogP contribution in [0.15, 0.2) is 42.7 Å². The van der Waals surface area contributed by atoms with Crippen molar-refractivity contribution in [3.05, 3.63) is 80.6 Å². The van der Waals surface area contributed by atoms with Gasteiger partial charge in [-0.1, -0.05) is 37.9 Å². The van der Waals surface area contributed by atoms with E-state index in [2.05, 4.69) is 11.9 Å². The molecule has 0 saturated carbocycles. The minimum absolute atomic E-state index is 0.0552. The minimum atomic E-state index is -1.02. The summed E-state index contributed by atoms with van der Waals surface area (Å²) in [5.74, 6) is -1.05. The van der Waals surface area contributed by atoms with Crippen molar-refractivity contribution in [2.24, 2.45) is 5.41 Å². The molecule has 0 radical (unpaired) electrons. The van der Waals surface area contributed by atoms with Crippen LogP contribution in [-0.2, 0) is 16.1 Å². The van der Waals surface area contributed by atoms with Gasteiger partial charge in [-0.25, -0.2) is 8.70 Å². The summed E-state index contributed by atoms with van der Waals surface area (Å²) < 4.78 is 28.0. The molecule has 210 valence electrons. The molecular weight excluding hydrogens is 535 g/mol. The number of thiol groups is 1. The number of carbonyl (C=O) groups excluding carboxylic acids is 2. The van der Waals surface area contributed by atoms with Crippen molar-refractivity contribution in [3.8, 4) is 5.75 Å². The van der Waals surface area contributed by atoms with Gasteiger partial charge in [-0.3, -0.25) is 14.6 Å². The molecule has 3 aromatic rings. The number of halogens is 1. The highest BCUT2D eigenvalue weighted by molar-refractivity contribution is 7.77. The number of carbonyl (C=O) groups is 2. The Morgan fingerprint density at radius 3 is 2.49 bits per heavy atom. The number of aryl methyl sites for hydroxylation is 2. The zero-order valence-electron chi connectivity index (χ0n) is 23.6. The molecule has 0 amide bonds. The van der Waals surface area contributed by atoms with Crippen LogP contribution >= 0.6 is 24.2 Å². The molecule has 0 N–H and O–H groups in total. The second kappa shape index (κ2) is 13.1. The predicted molar refractivity (Wildman–Crippen MR) is 156 cm³/mol. The number of esters is 1. The lowest BCUT2D eigenvalue weighted by Crippen LogP contribution is -2.33. The van der Waals surface area contributed by atoms with Gasteiger partial charge >= 0.3 is 5.97 Å². The summed E-state index contributed by atoms with van der Waals surface area (Å²) in [6.45, 7) is 12.1. The minimum Gasteiger partial charge on any atom is -0.489 e. The molecule has 0 aliphatic carbocycles. The van der Waals surface area contributed by atoms with Crippen molar-refractivity contribution in [1.82, 2.24) is 9.29 Å². The molecule has 2 aromatic heterocycles. The Balaban J connectivity index is 1.92. The van der Waals surface area contributed by atoms with E-state index >= 15 is 0 Å². The molecule has 0 bridgehead atoms. The third kappa shape index (κ3) is 7.26. The number of methoxy groups -OCH3 is 1. The van der Waals surface area contributed by atoms with Gasteiger partial charge in [0.05, 0.1) is 12.5 Å². The Labute approximate surface area is 240 Å². The van der Waals surface area contributed by atoms with E-state index in [-0.39, 0.29) is 16.8 Å². The molecule has 0 fully saturated rings. The normalized spacial score (nSPS) is 13.3. The van der Waals surface area contributed by atoms with Crippen LogP contribution in [-0.4, -0.2) is 40.8 Å².